The van der Waals surface area contributed by atoms with Gasteiger partial charge in [-0.3, -0.25) is 9.59 Å². The van der Waals surface area contributed by atoms with E-state index in [9.17, 15) is 9.59 Å². The van der Waals surface area contributed by atoms with Crippen LogP contribution in [0.5, 0.6) is 0 Å². The van der Waals surface area contributed by atoms with E-state index in [1.54, 1.807) is 11.9 Å². The van der Waals surface area contributed by atoms with Gasteiger partial charge in [0.2, 0.25) is 0 Å². The van der Waals surface area contributed by atoms with E-state index in [2.05, 4.69) is 12.2 Å². The zero-order chi connectivity index (χ0) is 14.0. The van der Waals surface area contributed by atoms with Gasteiger partial charge < -0.3 is 15.3 Å². The topological polar surface area (TPSA) is 93.4 Å². The minimum Gasteiger partial charge on any atom is -0.481 e. The molecular formula is C12H19N3O3. The van der Waals surface area contributed by atoms with Gasteiger partial charge in [0.1, 0.15) is 11.6 Å². The number of carboxylic acid groups (broad SMARTS) is 1. The lowest BCUT2D eigenvalue weighted by atomic mass is 10.2. The van der Waals surface area contributed by atoms with E-state index in [0.29, 0.717) is 0 Å². The number of amides is 1. The Morgan fingerprint density at radius 3 is 2.67 bits per heavy atom. The number of nitriles is 1. The van der Waals surface area contributed by atoms with Gasteiger partial charge in [-0.1, -0.05) is 13.3 Å². The van der Waals surface area contributed by atoms with Gasteiger partial charge in [-0.25, -0.2) is 0 Å². The highest BCUT2D eigenvalue weighted by molar-refractivity contribution is 5.97. The van der Waals surface area contributed by atoms with Crippen molar-refractivity contribution in [3.63, 3.8) is 0 Å². The fraction of sp³-hybridized carbons (Fsp3) is 0.583. The molecule has 0 saturated heterocycles. The number of carboxylic acids is 1. The largest absolute Gasteiger partial charge is 0.481 e. The van der Waals surface area contributed by atoms with Crippen molar-refractivity contribution in [2.24, 2.45) is 0 Å². The van der Waals surface area contributed by atoms with Crippen molar-refractivity contribution in [3.8, 4) is 6.07 Å². The van der Waals surface area contributed by atoms with E-state index < -0.39 is 11.9 Å². The van der Waals surface area contributed by atoms with E-state index in [-0.39, 0.29) is 18.5 Å². The summed E-state index contributed by atoms with van der Waals surface area (Å²) in [6.07, 6.45) is 3.33. The van der Waals surface area contributed by atoms with Crippen LogP contribution in [-0.4, -0.2) is 42.0 Å². The molecule has 0 unspecified atom stereocenters. The van der Waals surface area contributed by atoms with Crippen molar-refractivity contribution < 1.29 is 14.7 Å². The van der Waals surface area contributed by atoms with E-state index >= 15 is 0 Å². The summed E-state index contributed by atoms with van der Waals surface area (Å²) in [5.41, 5.74) is -0.0148. The molecule has 0 aromatic carbocycles. The van der Waals surface area contributed by atoms with E-state index in [0.717, 1.165) is 19.4 Å². The molecule has 0 aliphatic rings. The quantitative estimate of drug-likeness (QED) is 0.491. The lowest BCUT2D eigenvalue weighted by Gasteiger charge is -2.13. The first-order valence-electron chi connectivity index (χ1n) is 5.83. The van der Waals surface area contributed by atoms with E-state index in [1.807, 2.05) is 6.07 Å². The molecule has 100 valence electrons. The third kappa shape index (κ3) is 7.28. The minimum atomic E-state index is -0.988. The third-order valence-electron chi connectivity index (χ3n) is 2.20. The Kier molecular flexibility index (Phi) is 8.03. The molecule has 0 spiro atoms. The molecule has 0 rings (SSSR count). The summed E-state index contributed by atoms with van der Waals surface area (Å²) >= 11 is 0. The second-order valence-corrected chi connectivity index (χ2v) is 3.89. The van der Waals surface area contributed by atoms with Crippen LogP contribution in [0.3, 0.4) is 0 Å². The molecule has 0 aliphatic carbocycles. The minimum absolute atomic E-state index is 0.0148. The first-order chi connectivity index (χ1) is 8.51. The van der Waals surface area contributed by atoms with Crippen LogP contribution in [0.1, 0.15) is 26.2 Å². The fourth-order valence-electron chi connectivity index (χ4n) is 1.21. The number of nitrogens with zero attached hydrogens (tertiary/aromatic N) is 2. The van der Waals surface area contributed by atoms with Crippen LogP contribution in [0.25, 0.3) is 0 Å². The number of rotatable bonds is 8. The van der Waals surface area contributed by atoms with Crippen molar-refractivity contribution in [2.45, 2.75) is 26.2 Å². The molecule has 6 heteroatoms. The highest BCUT2D eigenvalue weighted by Gasteiger charge is 2.09. The second-order valence-electron chi connectivity index (χ2n) is 3.89. The molecule has 2 N–H and O–H groups in total. The van der Waals surface area contributed by atoms with Crippen LogP contribution in [0.4, 0.5) is 0 Å². The summed E-state index contributed by atoms with van der Waals surface area (Å²) in [6, 6.07) is 1.81. The van der Waals surface area contributed by atoms with Gasteiger partial charge in [0.15, 0.2) is 0 Å². The molecule has 0 heterocycles. The van der Waals surface area contributed by atoms with Gasteiger partial charge in [-0.2, -0.15) is 5.26 Å². The maximum atomic E-state index is 11.5. The van der Waals surface area contributed by atoms with E-state index in [4.69, 9.17) is 10.4 Å². The summed E-state index contributed by atoms with van der Waals surface area (Å²) in [5.74, 6) is -1.53. The van der Waals surface area contributed by atoms with Gasteiger partial charge in [-0.15, -0.1) is 0 Å². The molecule has 0 fully saturated rings. The lowest BCUT2D eigenvalue weighted by molar-refractivity contribution is -0.136. The normalized spacial score (nSPS) is 10.6. The monoisotopic (exact) mass is 253 g/mol. The number of carbonyl (C=O) groups is 2. The second kappa shape index (κ2) is 9.05. The lowest BCUT2D eigenvalue weighted by Crippen LogP contribution is -2.28. The van der Waals surface area contributed by atoms with Gasteiger partial charge in [0, 0.05) is 26.3 Å². The van der Waals surface area contributed by atoms with Gasteiger partial charge in [0.25, 0.3) is 5.91 Å². The average molecular weight is 253 g/mol. The molecule has 0 aromatic rings. The molecule has 0 aromatic heterocycles. The van der Waals surface area contributed by atoms with Crippen LogP contribution in [-0.2, 0) is 9.59 Å². The number of hydrogen-bond donors (Lipinski definition) is 2. The fourth-order valence-corrected chi connectivity index (χ4v) is 1.21. The standard InChI is InChI=1S/C12H19N3O3/c1-3-4-7-15(2)9-10(8-13)12(18)14-6-5-11(16)17/h9H,3-7H2,1-2H3,(H,14,18)(H,16,17)/b10-9-. The first kappa shape index (κ1) is 16.0. The zero-order valence-electron chi connectivity index (χ0n) is 10.8. The van der Waals surface area contributed by atoms with E-state index in [1.165, 1.54) is 6.20 Å². The summed E-state index contributed by atoms with van der Waals surface area (Å²) in [6.45, 7) is 2.84. The van der Waals surface area contributed by atoms with Gasteiger partial charge >= 0.3 is 5.97 Å². The summed E-state index contributed by atoms with van der Waals surface area (Å²) in [4.78, 5) is 23.6. The Labute approximate surface area is 107 Å². The maximum absolute atomic E-state index is 11.5. The molecule has 0 bridgehead atoms. The van der Waals surface area contributed by atoms with Gasteiger partial charge in [0.05, 0.1) is 6.42 Å². The molecule has 6 nitrogen and oxygen atoms in total. The molecule has 0 saturated carbocycles. The smallest absolute Gasteiger partial charge is 0.305 e. The van der Waals surface area contributed by atoms with Crippen molar-refractivity contribution in [1.82, 2.24) is 10.2 Å². The summed E-state index contributed by atoms with van der Waals surface area (Å²) in [7, 11) is 1.79. The van der Waals surface area contributed by atoms with Crippen molar-refractivity contribution in [2.75, 3.05) is 20.1 Å². The Hall–Kier alpha value is -2.03. The number of aliphatic carboxylic acids is 1. The predicted octanol–water partition coefficient (Wildman–Crippen LogP) is 0.717. The molecule has 0 radical (unpaired) electrons. The SMILES string of the molecule is CCCCN(C)/C=C(/C#N)C(=O)NCCC(=O)O. The summed E-state index contributed by atoms with van der Waals surface area (Å²) in [5, 5.41) is 19.7. The first-order valence-corrected chi connectivity index (χ1v) is 5.83. The van der Waals surface area contributed by atoms with Gasteiger partial charge in [-0.05, 0) is 6.42 Å². The highest BCUT2D eigenvalue weighted by Crippen LogP contribution is 1.98. The molecule has 1 amide bonds. The van der Waals surface area contributed by atoms with Crippen LogP contribution in [0, 0.1) is 11.3 Å². The Bertz CT molecular complexity index is 358. The van der Waals surface area contributed by atoms with Crippen molar-refractivity contribution in [1.29, 1.82) is 5.26 Å². The Morgan fingerprint density at radius 2 is 2.17 bits per heavy atom. The Balaban J connectivity index is 4.30. The molecule has 18 heavy (non-hydrogen) atoms. The predicted molar refractivity (Wildman–Crippen MR) is 66.5 cm³/mol. The van der Waals surface area contributed by atoms with Crippen LogP contribution >= 0.6 is 0 Å². The zero-order valence-corrected chi connectivity index (χ0v) is 10.8. The molecule has 0 aliphatic heterocycles. The molecule has 0 atom stereocenters. The number of unbranched alkanes of at least 4 members (excludes halogenated alkanes) is 1. The maximum Gasteiger partial charge on any atom is 0.305 e. The van der Waals surface area contributed by atoms with Crippen LogP contribution in [0.15, 0.2) is 11.8 Å². The number of carbonyl (C=O) groups excluding carboxylic acids is 1. The highest BCUT2D eigenvalue weighted by atomic mass is 16.4. The third-order valence-corrected chi connectivity index (χ3v) is 2.20. The van der Waals surface area contributed by atoms with Crippen molar-refractivity contribution in [3.05, 3.63) is 11.8 Å². The van der Waals surface area contributed by atoms with Crippen LogP contribution < -0.4 is 5.32 Å². The van der Waals surface area contributed by atoms with Crippen molar-refractivity contribution >= 4 is 11.9 Å². The van der Waals surface area contributed by atoms with Crippen LogP contribution in [0.2, 0.25) is 0 Å². The summed E-state index contributed by atoms with van der Waals surface area (Å²) < 4.78 is 0. The number of nitrogens with one attached hydrogen (secondary N) is 1. The molecular weight excluding hydrogens is 234 g/mol. The Morgan fingerprint density at radius 1 is 1.50 bits per heavy atom. The number of hydrogen-bond acceptors (Lipinski definition) is 4. The average Bonchev–Trinajstić information content (AvgIpc) is 2.32.